The summed E-state index contributed by atoms with van der Waals surface area (Å²) in [7, 11) is 1.57. The van der Waals surface area contributed by atoms with Gasteiger partial charge in [0.25, 0.3) is 0 Å². The molecule has 1 fully saturated rings. The molecule has 25 heavy (non-hydrogen) atoms. The number of likely N-dealkylation sites (N-methyl/N-ethyl adjacent to an activating group) is 1. The Kier molecular flexibility index (Phi) is 7.85. The molecule has 1 aromatic carbocycles. The van der Waals surface area contributed by atoms with E-state index >= 15 is 0 Å². The third-order valence-electron chi connectivity index (χ3n) is 4.70. The number of nitrogens with zero attached hydrogens (tertiary/aromatic N) is 2. The van der Waals surface area contributed by atoms with Crippen molar-refractivity contribution < 1.29 is 9.84 Å². The van der Waals surface area contributed by atoms with E-state index in [0.717, 1.165) is 31.2 Å². The van der Waals surface area contributed by atoms with E-state index in [1.54, 1.807) is 13.2 Å². The molecule has 0 radical (unpaired) electrons. The van der Waals surface area contributed by atoms with Crippen molar-refractivity contribution in [2.24, 2.45) is 4.99 Å². The van der Waals surface area contributed by atoms with Crippen molar-refractivity contribution >= 4 is 5.96 Å². The van der Waals surface area contributed by atoms with Crippen LogP contribution in [-0.2, 0) is 6.42 Å². The zero-order valence-electron chi connectivity index (χ0n) is 15.7. The van der Waals surface area contributed by atoms with Crippen LogP contribution < -0.4 is 15.4 Å². The van der Waals surface area contributed by atoms with E-state index in [1.165, 1.54) is 19.4 Å². The molecule has 0 aliphatic carbocycles. The van der Waals surface area contributed by atoms with E-state index in [4.69, 9.17) is 9.73 Å². The molecule has 1 heterocycles. The van der Waals surface area contributed by atoms with Gasteiger partial charge in [-0.3, -0.25) is 9.89 Å². The van der Waals surface area contributed by atoms with E-state index in [-0.39, 0.29) is 5.75 Å². The molecule has 1 aromatic rings. The van der Waals surface area contributed by atoms with Crippen molar-refractivity contribution in [2.75, 3.05) is 39.8 Å². The van der Waals surface area contributed by atoms with Gasteiger partial charge in [0.2, 0.25) is 0 Å². The Morgan fingerprint density at radius 1 is 1.36 bits per heavy atom. The highest BCUT2D eigenvalue weighted by Crippen LogP contribution is 2.29. The molecule has 6 nitrogen and oxygen atoms in total. The van der Waals surface area contributed by atoms with Crippen LogP contribution in [0, 0.1) is 0 Å². The van der Waals surface area contributed by atoms with Crippen LogP contribution in [0.3, 0.4) is 0 Å². The Balaban J connectivity index is 1.88. The fourth-order valence-electron chi connectivity index (χ4n) is 3.31. The van der Waals surface area contributed by atoms with Crippen molar-refractivity contribution in [1.29, 1.82) is 0 Å². The number of methoxy groups -OCH3 is 1. The first-order valence-electron chi connectivity index (χ1n) is 9.30. The molecular weight excluding hydrogens is 316 g/mol. The van der Waals surface area contributed by atoms with E-state index in [9.17, 15) is 5.11 Å². The van der Waals surface area contributed by atoms with Crippen molar-refractivity contribution in [2.45, 2.75) is 39.2 Å². The molecule has 6 heteroatoms. The summed E-state index contributed by atoms with van der Waals surface area (Å²) in [4.78, 5) is 7.25. The minimum Gasteiger partial charge on any atom is -0.504 e. The van der Waals surface area contributed by atoms with Gasteiger partial charge in [-0.15, -0.1) is 0 Å². The van der Waals surface area contributed by atoms with Gasteiger partial charge in [0.05, 0.1) is 13.7 Å². The fraction of sp³-hybridized carbons (Fsp3) is 0.632. The van der Waals surface area contributed by atoms with Crippen molar-refractivity contribution in [3.05, 3.63) is 23.8 Å². The lowest BCUT2D eigenvalue weighted by molar-refractivity contribution is 0.273. The van der Waals surface area contributed by atoms with E-state index in [2.05, 4.69) is 29.4 Å². The number of rotatable bonds is 8. The number of para-hydroxylation sites is 1. The smallest absolute Gasteiger partial charge is 0.191 e. The highest BCUT2D eigenvalue weighted by Gasteiger charge is 2.22. The first-order chi connectivity index (χ1) is 12.2. The van der Waals surface area contributed by atoms with Crippen LogP contribution in [0.5, 0.6) is 11.5 Å². The average molecular weight is 348 g/mol. The Labute approximate surface area is 151 Å². The summed E-state index contributed by atoms with van der Waals surface area (Å²) >= 11 is 0. The van der Waals surface area contributed by atoms with Gasteiger partial charge in [-0.25, -0.2) is 0 Å². The summed E-state index contributed by atoms with van der Waals surface area (Å²) in [6, 6.07) is 6.13. The molecule has 0 amide bonds. The van der Waals surface area contributed by atoms with Crippen molar-refractivity contribution in [3.63, 3.8) is 0 Å². The molecule has 1 aliphatic heterocycles. The van der Waals surface area contributed by atoms with Gasteiger partial charge in [0, 0.05) is 19.1 Å². The Hall–Kier alpha value is -1.95. The first kappa shape index (κ1) is 19.4. The lowest BCUT2D eigenvalue weighted by atomic mass is 10.1. The van der Waals surface area contributed by atoms with Crippen LogP contribution in [0.2, 0.25) is 0 Å². The lowest BCUT2D eigenvalue weighted by Gasteiger charge is -2.21. The normalized spacial score (nSPS) is 18.4. The maximum absolute atomic E-state index is 10.2. The van der Waals surface area contributed by atoms with Gasteiger partial charge in [0.15, 0.2) is 17.5 Å². The molecule has 1 atom stereocenters. The van der Waals surface area contributed by atoms with Gasteiger partial charge in [-0.05, 0) is 50.9 Å². The number of guanidine groups is 1. The Morgan fingerprint density at radius 2 is 2.20 bits per heavy atom. The number of phenolic OH excluding ortho intramolecular Hbond substituents is 1. The molecule has 0 spiro atoms. The standard InChI is InChI=1S/C19H32N4O2/c1-4-20-19(22-14-16-9-7-13-23(16)5-2)21-12-11-15-8-6-10-17(25-3)18(15)24/h6,8,10,16,24H,4-5,7,9,11-14H2,1-3H3,(H2,20,21,22). The first-order valence-corrected chi connectivity index (χ1v) is 9.30. The molecule has 0 saturated carbocycles. The SMILES string of the molecule is CCNC(=NCC1CCCN1CC)NCCc1cccc(OC)c1O. The van der Waals surface area contributed by atoms with Gasteiger partial charge in [-0.2, -0.15) is 0 Å². The van der Waals surface area contributed by atoms with Crippen LogP contribution in [0.4, 0.5) is 0 Å². The Morgan fingerprint density at radius 3 is 2.92 bits per heavy atom. The number of benzene rings is 1. The molecule has 1 aliphatic rings. The fourth-order valence-corrected chi connectivity index (χ4v) is 3.31. The van der Waals surface area contributed by atoms with Gasteiger partial charge < -0.3 is 20.5 Å². The average Bonchev–Trinajstić information content (AvgIpc) is 3.08. The molecular formula is C19H32N4O2. The predicted octanol–water partition coefficient (Wildman–Crippen LogP) is 1.98. The monoisotopic (exact) mass is 348 g/mol. The summed E-state index contributed by atoms with van der Waals surface area (Å²) in [6.07, 6.45) is 3.21. The number of likely N-dealkylation sites (tertiary alicyclic amines) is 1. The lowest BCUT2D eigenvalue weighted by Crippen LogP contribution is -2.40. The molecule has 0 bridgehead atoms. The molecule has 1 unspecified atom stereocenters. The number of nitrogens with one attached hydrogen (secondary N) is 2. The third-order valence-corrected chi connectivity index (χ3v) is 4.70. The third kappa shape index (κ3) is 5.53. The number of aliphatic imine (C=N–C) groups is 1. The van der Waals surface area contributed by atoms with Crippen molar-refractivity contribution in [3.8, 4) is 11.5 Å². The number of aromatic hydroxyl groups is 1. The zero-order valence-corrected chi connectivity index (χ0v) is 15.7. The van der Waals surface area contributed by atoms with Crippen LogP contribution in [0.25, 0.3) is 0 Å². The van der Waals surface area contributed by atoms with Gasteiger partial charge in [0.1, 0.15) is 0 Å². The zero-order chi connectivity index (χ0) is 18.1. The van der Waals surface area contributed by atoms with Crippen LogP contribution in [0.1, 0.15) is 32.3 Å². The molecule has 1 saturated heterocycles. The summed E-state index contributed by atoms with van der Waals surface area (Å²) in [5.74, 6) is 1.57. The summed E-state index contributed by atoms with van der Waals surface area (Å²) in [5.41, 5.74) is 0.871. The number of ether oxygens (including phenoxy) is 1. The van der Waals surface area contributed by atoms with E-state index in [0.29, 0.717) is 24.8 Å². The van der Waals surface area contributed by atoms with Crippen LogP contribution in [0.15, 0.2) is 23.2 Å². The molecule has 2 rings (SSSR count). The number of hydrogen-bond acceptors (Lipinski definition) is 4. The number of phenols is 1. The summed E-state index contributed by atoms with van der Waals surface area (Å²) in [5, 5.41) is 16.8. The maximum atomic E-state index is 10.2. The minimum atomic E-state index is 0.221. The topological polar surface area (TPSA) is 69.1 Å². The Bertz CT molecular complexity index is 562. The van der Waals surface area contributed by atoms with Crippen LogP contribution in [-0.4, -0.2) is 61.8 Å². The molecule has 3 N–H and O–H groups in total. The highest BCUT2D eigenvalue weighted by atomic mass is 16.5. The van der Waals surface area contributed by atoms with Crippen molar-refractivity contribution in [1.82, 2.24) is 15.5 Å². The second-order valence-corrected chi connectivity index (χ2v) is 6.29. The minimum absolute atomic E-state index is 0.221. The number of hydrogen-bond donors (Lipinski definition) is 3. The van der Waals surface area contributed by atoms with Crippen LogP contribution >= 0.6 is 0 Å². The summed E-state index contributed by atoms with van der Waals surface area (Å²) in [6.45, 7) is 8.93. The quantitative estimate of drug-likeness (QED) is 0.495. The van der Waals surface area contributed by atoms with E-state index < -0.39 is 0 Å². The van der Waals surface area contributed by atoms with E-state index in [1.807, 2.05) is 12.1 Å². The highest BCUT2D eigenvalue weighted by molar-refractivity contribution is 5.79. The second kappa shape index (κ2) is 10.1. The second-order valence-electron chi connectivity index (χ2n) is 6.29. The predicted molar refractivity (Wildman–Crippen MR) is 103 cm³/mol. The molecule has 140 valence electrons. The van der Waals surface area contributed by atoms with Gasteiger partial charge >= 0.3 is 0 Å². The maximum Gasteiger partial charge on any atom is 0.191 e. The summed E-state index contributed by atoms with van der Waals surface area (Å²) < 4.78 is 5.16. The van der Waals surface area contributed by atoms with Gasteiger partial charge in [-0.1, -0.05) is 19.1 Å². The molecule has 0 aromatic heterocycles. The largest absolute Gasteiger partial charge is 0.504 e.